The molecular formula is C13H13ClO6. The molecular weight excluding hydrogens is 288 g/mol. The van der Waals surface area contributed by atoms with Crippen molar-refractivity contribution in [2.45, 2.75) is 30.7 Å². The summed E-state index contributed by atoms with van der Waals surface area (Å²) in [6.07, 6.45) is -4.72. The number of ether oxygens (including phenoxy) is 3. The number of hydrogen-bond acceptors (Lipinski definition) is 6. The fourth-order valence-electron chi connectivity index (χ4n) is 2.39. The van der Waals surface area contributed by atoms with Gasteiger partial charge in [0, 0.05) is 10.6 Å². The number of aliphatic hydroxyl groups is 2. The Morgan fingerprint density at radius 3 is 2.65 bits per heavy atom. The summed E-state index contributed by atoms with van der Waals surface area (Å²) in [7, 11) is 0. The molecule has 0 radical (unpaired) electrons. The number of carbonyl (C=O) groups excluding carboxylic acids is 1. The number of halogens is 1. The largest absolute Gasteiger partial charge is 0.455 e. The van der Waals surface area contributed by atoms with E-state index in [4.69, 9.17) is 25.8 Å². The summed E-state index contributed by atoms with van der Waals surface area (Å²) >= 11 is 6.07. The first-order valence-corrected chi connectivity index (χ1v) is 6.54. The number of rotatable bonds is 2. The van der Waals surface area contributed by atoms with Gasteiger partial charge in [0.25, 0.3) is 0 Å². The van der Waals surface area contributed by atoms with E-state index >= 15 is 0 Å². The molecule has 1 unspecified atom stereocenters. The smallest absolute Gasteiger partial charge is 0.338 e. The zero-order valence-corrected chi connectivity index (χ0v) is 11.1. The van der Waals surface area contributed by atoms with Crippen molar-refractivity contribution in [2.75, 3.05) is 6.61 Å². The fraction of sp³-hybridized carbons (Fsp3) is 0.462. The Kier molecular flexibility index (Phi) is 3.66. The molecule has 7 heteroatoms. The maximum absolute atomic E-state index is 11.4. The van der Waals surface area contributed by atoms with Gasteiger partial charge in [-0.2, -0.15) is 0 Å². The lowest BCUT2D eigenvalue weighted by atomic mass is 10.0. The van der Waals surface area contributed by atoms with Gasteiger partial charge in [-0.05, 0) is 6.07 Å². The summed E-state index contributed by atoms with van der Waals surface area (Å²) in [5.74, 6) is -0.776. The van der Waals surface area contributed by atoms with Crippen LogP contribution >= 0.6 is 11.6 Å². The minimum Gasteiger partial charge on any atom is -0.455 e. The van der Waals surface area contributed by atoms with Crippen molar-refractivity contribution in [3.05, 3.63) is 34.9 Å². The zero-order valence-electron chi connectivity index (χ0n) is 10.3. The molecule has 2 fully saturated rings. The van der Waals surface area contributed by atoms with Crippen LogP contribution in [0.25, 0.3) is 0 Å². The molecule has 20 heavy (non-hydrogen) atoms. The number of benzene rings is 1. The molecule has 0 aliphatic carbocycles. The van der Waals surface area contributed by atoms with Crippen molar-refractivity contribution in [3.63, 3.8) is 0 Å². The van der Waals surface area contributed by atoms with E-state index < -0.39 is 36.7 Å². The molecule has 5 atom stereocenters. The monoisotopic (exact) mass is 300 g/mol. The number of esters is 1. The summed E-state index contributed by atoms with van der Waals surface area (Å²) in [5.41, 5.74) is 0.567. The number of carbonyl (C=O) groups is 1. The van der Waals surface area contributed by atoms with Gasteiger partial charge in [-0.15, -0.1) is 0 Å². The molecule has 0 saturated carbocycles. The van der Waals surface area contributed by atoms with Gasteiger partial charge in [0.1, 0.15) is 12.2 Å². The molecule has 2 heterocycles. The van der Waals surface area contributed by atoms with Crippen LogP contribution < -0.4 is 0 Å². The third-order valence-electron chi connectivity index (χ3n) is 3.41. The van der Waals surface area contributed by atoms with Crippen molar-refractivity contribution in [3.8, 4) is 0 Å². The lowest BCUT2D eigenvalue weighted by molar-refractivity contribution is -0.288. The van der Waals surface area contributed by atoms with Gasteiger partial charge < -0.3 is 24.4 Å². The van der Waals surface area contributed by atoms with E-state index in [2.05, 4.69) is 0 Å². The first-order chi connectivity index (χ1) is 9.61. The summed E-state index contributed by atoms with van der Waals surface area (Å²) < 4.78 is 16.1. The molecule has 3 rings (SSSR count). The molecule has 6 nitrogen and oxygen atoms in total. The van der Waals surface area contributed by atoms with E-state index in [0.29, 0.717) is 10.6 Å². The lowest BCUT2D eigenvalue weighted by Crippen LogP contribution is -2.49. The Labute approximate surface area is 119 Å². The second kappa shape index (κ2) is 5.31. The zero-order chi connectivity index (χ0) is 14.3. The van der Waals surface area contributed by atoms with Crippen LogP contribution in [0.2, 0.25) is 5.02 Å². The molecule has 1 aromatic carbocycles. The van der Waals surface area contributed by atoms with Crippen LogP contribution in [-0.4, -0.2) is 47.2 Å². The quantitative estimate of drug-likeness (QED) is 0.769. The van der Waals surface area contributed by atoms with Crippen LogP contribution in [-0.2, 0) is 19.0 Å². The van der Waals surface area contributed by atoms with E-state index in [-0.39, 0.29) is 6.61 Å². The van der Waals surface area contributed by atoms with Gasteiger partial charge in [-0.1, -0.05) is 29.8 Å². The average molecular weight is 301 g/mol. The third-order valence-corrected chi connectivity index (χ3v) is 3.76. The highest BCUT2D eigenvalue weighted by molar-refractivity contribution is 6.31. The van der Waals surface area contributed by atoms with Gasteiger partial charge >= 0.3 is 5.97 Å². The third kappa shape index (κ3) is 2.19. The Bertz CT molecular complexity index is 521. The van der Waals surface area contributed by atoms with Crippen molar-refractivity contribution < 1.29 is 29.2 Å². The van der Waals surface area contributed by atoms with Gasteiger partial charge in [0.15, 0.2) is 18.5 Å². The Balaban J connectivity index is 1.89. The molecule has 1 aromatic rings. The molecule has 0 spiro atoms. The number of aliphatic hydroxyl groups excluding tert-OH is 2. The molecule has 0 aromatic heterocycles. The van der Waals surface area contributed by atoms with Crippen LogP contribution in [0.3, 0.4) is 0 Å². The van der Waals surface area contributed by atoms with E-state index in [9.17, 15) is 15.0 Å². The van der Waals surface area contributed by atoms with Crippen molar-refractivity contribution in [1.82, 2.24) is 0 Å². The maximum atomic E-state index is 11.4. The van der Waals surface area contributed by atoms with Crippen LogP contribution in [0, 0.1) is 0 Å². The molecule has 108 valence electrons. The lowest BCUT2D eigenvalue weighted by Gasteiger charge is -2.37. The van der Waals surface area contributed by atoms with Gasteiger partial charge in [-0.3, -0.25) is 0 Å². The van der Waals surface area contributed by atoms with Crippen molar-refractivity contribution >= 4 is 17.6 Å². The van der Waals surface area contributed by atoms with E-state index in [1.807, 2.05) is 0 Å². The Hall–Kier alpha value is -1.18. The molecule has 2 N–H and O–H groups in total. The van der Waals surface area contributed by atoms with Gasteiger partial charge in [-0.25, -0.2) is 4.79 Å². The molecule has 0 bridgehead atoms. The Morgan fingerprint density at radius 2 is 1.95 bits per heavy atom. The summed E-state index contributed by atoms with van der Waals surface area (Å²) in [4.78, 5) is 11.4. The fourth-order valence-corrected chi connectivity index (χ4v) is 2.62. The number of hydrogen-bond donors (Lipinski definition) is 2. The normalized spacial score (nSPS) is 36.5. The van der Waals surface area contributed by atoms with Crippen molar-refractivity contribution in [1.29, 1.82) is 0 Å². The summed E-state index contributed by atoms with van der Waals surface area (Å²) in [6.45, 7) is -0.356. The standard InChI is InChI=1S/C13H13ClO6/c14-7-4-2-1-3-6(7)13-18-8(5-15)10-11(20-13)9(16)12(17)19-10/h1-4,8-11,13,15-16H,5H2/t8-,9-,10+,11+,13?/m0/s1. The van der Waals surface area contributed by atoms with Gasteiger partial charge in [0.2, 0.25) is 0 Å². The highest BCUT2D eigenvalue weighted by atomic mass is 35.5. The first-order valence-electron chi connectivity index (χ1n) is 6.16. The topological polar surface area (TPSA) is 85.2 Å². The Morgan fingerprint density at radius 1 is 1.20 bits per heavy atom. The van der Waals surface area contributed by atoms with Crippen LogP contribution in [0.5, 0.6) is 0 Å². The second-order valence-corrected chi connectivity index (χ2v) is 5.06. The van der Waals surface area contributed by atoms with E-state index in [1.165, 1.54) is 0 Å². The first kappa shape index (κ1) is 13.8. The molecule has 2 saturated heterocycles. The molecule has 0 amide bonds. The summed E-state index contributed by atoms with van der Waals surface area (Å²) in [6, 6.07) is 6.92. The maximum Gasteiger partial charge on any atom is 0.338 e. The predicted molar refractivity (Wildman–Crippen MR) is 66.9 cm³/mol. The van der Waals surface area contributed by atoms with E-state index in [1.54, 1.807) is 24.3 Å². The summed E-state index contributed by atoms with van der Waals surface area (Å²) in [5, 5.41) is 19.6. The van der Waals surface area contributed by atoms with Crippen LogP contribution in [0.4, 0.5) is 0 Å². The minimum absolute atomic E-state index is 0.356. The predicted octanol–water partition coefficient (Wildman–Crippen LogP) is 0.401. The van der Waals surface area contributed by atoms with Crippen LogP contribution in [0.15, 0.2) is 24.3 Å². The highest BCUT2D eigenvalue weighted by Gasteiger charge is 2.53. The highest BCUT2D eigenvalue weighted by Crippen LogP contribution is 2.38. The molecule has 2 aliphatic heterocycles. The van der Waals surface area contributed by atoms with Crippen molar-refractivity contribution in [2.24, 2.45) is 0 Å². The van der Waals surface area contributed by atoms with Crippen LogP contribution in [0.1, 0.15) is 11.9 Å². The molecule has 2 aliphatic rings. The number of fused-ring (bicyclic) bond motifs is 1. The SMILES string of the molecule is O=C1O[C@H]2[C@H](OC(c3ccccc3Cl)O[C@H]2CO)[C@@H]1O. The average Bonchev–Trinajstić information content (AvgIpc) is 2.74. The minimum atomic E-state index is -1.39. The van der Waals surface area contributed by atoms with Gasteiger partial charge in [0.05, 0.1) is 6.61 Å². The second-order valence-electron chi connectivity index (χ2n) is 4.66. The van der Waals surface area contributed by atoms with E-state index in [0.717, 1.165) is 0 Å².